The normalized spacial score (nSPS) is 27.7. The third kappa shape index (κ3) is 2.83. The van der Waals surface area contributed by atoms with E-state index in [1.54, 1.807) is 19.5 Å². The second-order valence-corrected chi connectivity index (χ2v) is 7.00. The van der Waals surface area contributed by atoms with Crippen molar-refractivity contribution in [3.8, 4) is 0 Å². The first kappa shape index (κ1) is 15.3. The quantitative estimate of drug-likeness (QED) is 0.848. The standard InChI is InChI=1S/C15H22N2O2S/c1-14(2)12(9-15(14,3)19-4)17-13(18)10-20-11-5-7-16-8-6-11/h5-8,12H,9-10H2,1-4H3,(H,17,18)/t12-,15+/m0/s1. The first-order valence-corrected chi connectivity index (χ1v) is 7.75. The first-order valence-electron chi connectivity index (χ1n) is 6.76. The van der Waals surface area contributed by atoms with Crippen LogP contribution in [0.3, 0.4) is 0 Å². The summed E-state index contributed by atoms with van der Waals surface area (Å²) in [6.45, 7) is 6.38. The molecule has 20 heavy (non-hydrogen) atoms. The van der Waals surface area contributed by atoms with Crippen LogP contribution in [-0.4, -0.2) is 35.4 Å². The number of ether oxygens (including phenoxy) is 1. The van der Waals surface area contributed by atoms with Gasteiger partial charge in [0.1, 0.15) is 0 Å². The third-order valence-electron chi connectivity index (χ3n) is 4.63. The summed E-state index contributed by atoms with van der Waals surface area (Å²) in [6, 6.07) is 4.00. The lowest BCUT2D eigenvalue weighted by Gasteiger charge is -2.59. The number of nitrogens with one attached hydrogen (secondary N) is 1. The van der Waals surface area contributed by atoms with Gasteiger partial charge < -0.3 is 10.1 Å². The third-order valence-corrected chi connectivity index (χ3v) is 5.65. The Hall–Kier alpha value is -1.07. The Balaban J connectivity index is 1.82. The number of hydrogen-bond acceptors (Lipinski definition) is 4. The highest BCUT2D eigenvalue weighted by atomic mass is 32.2. The maximum Gasteiger partial charge on any atom is 0.230 e. The van der Waals surface area contributed by atoms with Crippen molar-refractivity contribution in [2.24, 2.45) is 5.41 Å². The fourth-order valence-corrected chi connectivity index (χ4v) is 3.24. The maximum absolute atomic E-state index is 12.0. The lowest BCUT2D eigenvalue weighted by molar-refractivity contribution is -0.182. The highest BCUT2D eigenvalue weighted by Crippen LogP contribution is 2.51. The average molecular weight is 294 g/mol. The molecule has 1 N–H and O–H groups in total. The predicted octanol–water partition coefficient (Wildman–Crippen LogP) is 2.49. The molecule has 4 nitrogen and oxygen atoms in total. The Morgan fingerprint density at radius 3 is 2.65 bits per heavy atom. The number of carbonyl (C=O) groups excluding carboxylic acids is 1. The molecule has 1 heterocycles. The molecule has 1 amide bonds. The van der Waals surface area contributed by atoms with Gasteiger partial charge in [-0.1, -0.05) is 13.8 Å². The smallest absolute Gasteiger partial charge is 0.230 e. The van der Waals surface area contributed by atoms with E-state index >= 15 is 0 Å². The second-order valence-electron chi connectivity index (χ2n) is 5.95. The van der Waals surface area contributed by atoms with E-state index in [0.717, 1.165) is 11.3 Å². The number of carbonyl (C=O) groups is 1. The molecule has 1 fully saturated rings. The SMILES string of the molecule is CO[C@]1(C)C[C@H](NC(=O)CSc2ccncc2)C1(C)C. The summed E-state index contributed by atoms with van der Waals surface area (Å²) >= 11 is 1.53. The lowest BCUT2D eigenvalue weighted by atomic mass is 9.56. The molecule has 0 bridgehead atoms. The Bertz CT molecular complexity index is 478. The molecule has 2 rings (SSSR count). The zero-order valence-corrected chi connectivity index (χ0v) is 13.3. The number of amides is 1. The summed E-state index contributed by atoms with van der Waals surface area (Å²) in [5.41, 5.74) is -0.193. The molecule has 1 aromatic rings. The van der Waals surface area contributed by atoms with Crippen LogP contribution in [0.1, 0.15) is 27.2 Å². The minimum absolute atomic E-state index is 0.0429. The van der Waals surface area contributed by atoms with Crippen LogP contribution >= 0.6 is 11.8 Å². The zero-order valence-electron chi connectivity index (χ0n) is 12.5. The monoisotopic (exact) mass is 294 g/mol. The van der Waals surface area contributed by atoms with Crippen molar-refractivity contribution < 1.29 is 9.53 Å². The summed E-state index contributed by atoms with van der Waals surface area (Å²) in [6.07, 6.45) is 4.33. The van der Waals surface area contributed by atoms with E-state index in [9.17, 15) is 4.79 Å². The van der Waals surface area contributed by atoms with Crippen molar-refractivity contribution in [3.63, 3.8) is 0 Å². The van der Waals surface area contributed by atoms with Gasteiger partial charge in [0.2, 0.25) is 5.91 Å². The van der Waals surface area contributed by atoms with E-state index in [2.05, 4.69) is 31.1 Å². The van der Waals surface area contributed by atoms with Gasteiger partial charge in [-0.25, -0.2) is 0 Å². The topological polar surface area (TPSA) is 51.2 Å². The molecule has 1 aliphatic rings. The van der Waals surface area contributed by atoms with Crippen LogP contribution in [0.2, 0.25) is 0 Å². The second kappa shape index (κ2) is 5.74. The van der Waals surface area contributed by atoms with Gasteiger partial charge in [0.15, 0.2) is 0 Å². The fourth-order valence-electron chi connectivity index (χ4n) is 2.54. The Kier molecular flexibility index (Phi) is 4.39. The molecule has 1 aliphatic carbocycles. The van der Waals surface area contributed by atoms with Crippen LogP contribution in [0.4, 0.5) is 0 Å². The van der Waals surface area contributed by atoms with Crippen LogP contribution in [0, 0.1) is 5.41 Å². The Morgan fingerprint density at radius 1 is 1.45 bits per heavy atom. The summed E-state index contributed by atoms with van der Waals surface area (Å²) in [4.78, 5) is 17.0. The van der Waals surface area contributed by atoms with Crippen molar-refractivity contribution in [2.75, 3.05) is 12.9 Å². The van der Waals surface area contributed by atoms with Gasteiger partial charge in [0.05, 0.1) is 11.4 Å². The molecule has 0 spiro atoms. The molecule has 1 saturated carbocycles. The van der Waals surface area contributed by atoms with E-state index < -0.39 is 0 Å². The minimum Gasteiger partial charge on any atom is -0.378 e. The highest BCUT2D eigenvalue weighted by Gasteiger charge is 2.58. The number of nitrogens with zero attached hydrogens (tertiary/aromatic N) is 1. The summed E-state index contributed by atoms with van der Waals surface area (Å²) in [5.74, 6) is 0.503. The molecule has 0 unspecified atom stereocenters. The van der Waals surface area contributed by atoms with E-state index in [1.807, 2.05) is 12.1 Å². The average Bonchev–Trinajstić information content (AvgIpc) is 2.45. The van der Waals surface area contributed by atoms with Gasteiger partial charge >= 0.3 is 0 Å². The lowest BCUT2D eigenvalue weighted by Crippen LogP contribution is -2.68. The number of pyridine rings is 1. The first-order chi connectivity index (χ1) is 9.39. The molecule has 0 radical (unpaired) electrons. The molecule has 5 heteroatoms. The van der Waals surface area contributed by atoms with E-state index in [-0.39, 0.29) is 23.0 Å². The molecule has 1 aromatic heterocycles. The van der Waals surface area contributed by atoms with E-state index in [4.69, 9.17) is 4.74 Å². The maximum atomic E-state index is 12.0. The van der Waals surface area contributed by atoms with Crippen LogP contribution in [-0.2, 0) is 9.53 Å². The zero-order chi connectivity index (χ0) is 14.8. The van der Waals surface area contributed by atoms with Crippen molar-refractivity contribution in [3.05, 3.63) is 24.5 Å². The molecular weight excluding hydrogens is 272 g/mol. The van der Waals surface area contributed by atoms with Crippen molar-refractivity contribution >= 4 is 17.7 Å². The number of methoxy groups -OCH3 is 1. The van der Waals surface area contributed by atoms with Crippen molar-refractivity contribution in [1.29, 1.82) is 0 Å². The van der Waals surface area contributed by atoms with Crippen molar-refractivity contribution in [2.45, 2.75) is 43.7 Å². The van der Waals surface area contributed by atoms with Gasteiger partial charge in [0, 0.05) is 35.9 Å². The van der Waals surface area contributed by atoms with Crippen LogP contribution in [0.25, 0.3) is 0 Å². The van der Waals surface area contributed by atoms with Crippen LogP contribution in [0.5, 0.6) is 0 Å². The predicted molar refractivity (Wildman–Crippen MR) is 80.7 cm³/mol. The molecule has 110 valence electrons. The van der Waals surface area contributed by atoms with Gasteiger partial charge in [-0.3, -0.25) is 9.78 Å². The fraction of sp³-hybridized carbons (Fsp3) is 0.600. The van der Waals surface area contributed by atoms with Gasteiger partial charge in [0.25, 0.3) is 0 Å². The van der Waals surface area contributed by atoms with Crippen LogP contribution < -0.4 is 5.32 Å². The Morgan fingerprint density at radius 2 is 2.10 bits per heavy atom. The van der Waals surface area contributed by atoms with E-state index in [1.165, 1.54) is 11.8 Å². The summed E-state index contributed by atoms with van der Waals surface area (Å²) in [7, 11) is 1.74. The largest absolute Gasteiger partial charge is 0.378 e. The van der Waals surface area contributed by atoms with E-state index in [0.29, 0.717) is 5.75 Å². The van der Waals surface area contributed by atoms with Crippen molar-refractivity contribution in [1.82, 2.24) is 10.3 Å². The summed E-state index contributed by atoms with van der Waals surface area (Å²) < 4.78 is 5.57. The molecular formula is C15H22N2O2S. The molecule has 2 atom stereocenters. The van der Waals surface area contributed by atoms with Gasteiger partial charge in [-0.15, -0.1) is 11.8 Å². The van der Waals surface area contributed by atoms with Gasteiger partial charge in [-0.05, 0) is 25.5 Å². The highest BCUT2D eigenvalue weighted by molar-refractivity contribution is 8.00. The molecule has 0 aliphatic heterocycles. The number of hydrogen-bond donors (Lipinski definition) is 1. The Labute approximate surface area is 124 Å². The molecule has 0 aromatic carbocycles. The number of thioether (sulfide) groups is 1. The number of aromatic nitrogens is 1. The number of rotatable bonds is 5. The van der Waals surface area contributed by atoms with Gasteiger partial charge in [-0.2, -0.15) is 0 Å². The summed E-state index contributed by atoms with van der Waals surface area (Å²) in [5, 5.41) is 3.11. The molecule has 0 saturated heterocycles. The van der Waals surface area contributed by atoms with Crippen LogP contribution in [0.15, 0.2) is 29.4 Å². The minimum atomic E-state index is -0.150.